The molecule has 1 saturated carbocycles. The number of carbonyl (C=O) groups is 3. The quantitative estimate of drug-likeness (QED) is 0.304. The molecule has 0 spiro atoms. The van der Waals surface area contributed by atoms with E-state index in [4.69, 9.17) is 9.47 Å². The molecule has 2 aliphatic rings. The lowest BCUT2D eigenvalue weighted by atomic mass is 9.99. The number of esters is 1. The number of halogens is 3. The number of ether oxygens (including phenoxy) is 2. The van der Waals surface area contributed by atoms with Crippen molar-refractivity contribution in [3.05, 3.63) is 77.5 Å². The zero-order chi connectivity index (χ0) is 31.1. The van der Waals surface area contributed by atoms with E-state index >= 15 is 0 Å². The van der Waals surface area contributed by atoms with Gasteiger partial charge in [0.15, 0.2) is 0 Å². The number of alkyl halides is 3. The Balaban J connectivity index is 1.42. The third-order valence-corrected chi connectivity index (χ3v) is 8.00. The molecule has 1 aliphatic carbocycles. The first-order chi connectivity index (χ1) is 21.2. The van der Waals surface area contributed by atoms with Gasteiger partial charge in [-0.2, -0.15) is 18.3 Å². The van der Waals surface area contributed by atoms with Crippen molar-refractivity contribution < 1.29 is 37.0 Å². The van der Waals surface area contributed by atoms with Gasteiger partial charge in [-0.15, -0.1) is 0 Å². The van der Waals surface area contributed by atoms with Crippen molar-refractivity contribution in [3.63, 3.8) is 0 Å². The van der Waals surface area contributed by atoms with Gasteiger partial charge in [-0.1, -0.05) is 61.4 Å². The van der Waals surface area contributed by atoms with Gasteiger partial charge < -0.3 is 20.1 Å². The Kier molecular flexibility index (Phi) is 9.99. The van der Waals surface area contributed by atoms with E-state index in [9.17, 15) is 27.6 Å². The summed E-state index contributed by atoms with van der Waals surface area (Å²) in [4.78, 5) is 40.0. The first-order valence-corrected chi connectivity index (χ1v) is 14.8. The molecule has 1 aliphatic heterocycles. The number of rotatable bonds is 10. The van der Waals surface area contributed by atoms with Crippen LogP contribution in [0.4, 0.5) is 13.2 Å². The fourth-order valence-electron chi connectivity index (χ4n) is 5.71. The number of aromatic nitrogens is 2. The highest BCUT2D eigenvalue weighted by molar-refractivity contribution is 6.03. The van der Waals surface area contributed by atoms with Crippen LogP contribution >= 0.6 is 0 Å². The summed E-state index contributed by atoms with van der Waals surface area (Å²) in [6, 6.07) is 12.3. The van der Waals surface area contributed by atoms with Crippen LogP contribution in [0.2, 0.25) is 0 Å². The molecule has 2 heterocycles. The normalized spacial score (nSPS) is 16.8. The van der Waals surface area contributed by atoms with E-state index in [0.717, 1.165) is 24.5 Å². The molecule has 2 amide bonds. The maximum Gasteiger partial charge on any atom is 0.417 e. The Morgan fingerprint density at radius 3 is 2.36 bits per heavy atom. The lowest BCUT2D eigenvalue weighted by Gasteiger charge is -2.26. The summed E-state index contributed by atoms with van der Waals surface area (Å²) in [5.41, 5.74) is -0.416. The highest BCUT2D eigenvalue weighted by Gasteiger charge is 2.37. The van der Waals surface area contributed by atoms with Gasteiger partial charge >= 0.3 is 12.1 Å². The van der Waals surface area contributed by atoms with Crippen LogP contribution in [0.3, 0.4) is 0 Å². The number of benzene rings is 2. The maximum absolute atomic E-state index is 14.1. The molecule has 234 valence electrons. The number of hydrogen-bond donors (Lipinski definition) is 2. The lowest BCUT2D eigenvalue weighted by Crippen LogP contribution is -2.51. The summed E-state index contributed by atoms with van der Waals surface area (Å²) in [5, 5.41) is 9.85. The summed E-state index contributed by atoms with van der Waals surface area (Å²) >= 11 is 0. The van der Waals surface area contributed by atoms with Crippen molar-refractivity contribution >= 4 is 17.8 Å². The van der Waals surface area contributed by atoms with E-state index < -0.39 is 42.0 Å². The number of carbonyl (C=O) groups excluding carboxylic acids is 3. The van der Waals surface area contributed by atoms with Crippen molar-refractivity contribution in [2.24, 2.45) is 0 Å². The van der Waals surface area contributed by atoms with Crippen LogP contribution in [0.25, 0.3) is 11.3 Å². The largest absolute Gasteiger partial charge is 0.461 e. The average Bonchev–Trinajstić information content (AvgIpc) is 3.71. The molecular formula is C32H35F3N4O5. The summed E-state index contributed by atoms with van der Waals surface area (Å²) in [5.74, 6) is -2.13. The molecule has 1 saturated heterocycles. The highest BCUT2D eigenvalue weighted by Crippen LogP contribution is 2.41. The molecule has 0 radical (unpaired) electrons. The second-order valence-electron chi connectivity index (χ2n) is 11.1. The molecule has 2 N–H and O–H groups in total. The van der Waals surface area contributed by atoms with E-state index in [1.165, 1.54) is 29.1 Å². The number of nitrogens with one attached hydrogen (secondary N) is 2. The van der Waals surface area contributed by atoms with E-state index in [1.54, 1.807) is 24.3 Å². The fourth-order valence-corrected chi connectivity index (χ4v) is 5.71. The predicted octanol–water partition coefficient (Wildman–Crippen LogP) is 5.21. The molecule has 0 bridgehead atoms. The minimum absolute atomic E-state index is 0.0194. The van der Waals surface area contributed by atoms with Crippen LogP contribution in [-0.4, -0.2) is 52.9 Å². The zero-order valence-electron chi connectivity index (χ0n) is 24.1. The zero-order valence-corrected chi connectivity index (χ0v) is 24.1. The van der Waals surface area contributed by atoms with E-state index in [0.29, 0.717) is 38.9 Å². The molecule has 12 heteroatoms. The first kappa shape index (κ1) is 31.2. The van der Waals surface area contributed by atoms with Crippen molar-refractivity contribution in [1.29, 1.82) is 0 Å². The number of amides is 2. The Morgan fingerprint density at radius 1 is 0.977 bits per heavy atom. The topological polar surface area (TPSA) is 112 Å². The molecule has 1 atom stereocenters. The van der Waals surface area contributed by atoms with Gasteiger partial charge in [0.2, 0.25) is 5.91 Å². The van der Waals surface area contributed by atoms with Gasteiger partial charge in [-0.3, -0.25) is 19.1 Å². The molecule has 2 aromatic carbocycles. The Hall–Kier alpha value is -4.19. The standard InChI is InChI=1S/C32H35F3N4O5/c33-32(34,35)26-13-7-6-12-24(26)29-25(19-36-39(29)23-10-4-5-11-23)30(41)38-27(31(42)37-22-14-16-43-17-15-22)18-28(40)44-20-21-8-2-1-3-9-21/h1-3,6-9,12-13,19,22-23,27H,4-5,10-11,14-18,20H2,(H,37,42)(H,38,41)/t27-/m1/s1. The monoisotopic (exact) mass is 612 g/mol. The molecule has 0 unspecified atom stereocenters. The van der Waals surface area contributed by atoms with Crippen molar-refractivity contribution in [2.75, 3.05) is 13.2 Å². The van der Waals surface area contributed by atoms with Crippen LogP contribution in [-0.2, 0) is 31.8 Å². The van der Waals surface area contributed by atoms with Crippen molar-refractivity contribution in [3.8, 4) is 11.3 Å². The van der Waals surface area contributed by atoms with Crippen molar-refractivity contribution in [1.82, 2.24) is 20.4 Å². The smallest absolute Gasteiger partial charge is 0.417 e. The van der Waals surface area contributed by atoms with E-state index in [2.05, 4.69) is 15.7 Å². The van der Waals surface area contributed by atoms with Gasteiger partial charge in [-0.05, 0) is 37.3 Å². The minimum Gasteiger partial charge on any atom is -0.461 e. The molecule has 44 heavy (non-hydrogen) atoms. The van der Waals surface area contributed by atoms with Crippen LogP contribution in [0.5, 0.6) is 0 Å². The fraction of sp³-hybridized carbons (Fsp3) is 0.438. The van der Waals surface area contributed by atoms with Crippen LogP contribution < -0.4 is 10.6 Å². The van der Waals surface area contributed by atoms with Gasteiger partial charge in [0, 0.05) is 24.8 Å². The van der Waals surface area contributed by atoms with Gasteiger partial charge in [0.05, 0.1) is 35.5 Å². The molecule has 9 nitrogen and oxygen atoms in total. The Morgan fingerprint density at radius 2 is 1.66 bits per heavy atom. The van der Waals surface area contributed by atoms with Crippen molar-refractivity contribution in [2.45, 2.75) is 75.9 Å². The second kappa shape index (κ2) is 14.1. The van der Waals surface area contributed by atoms with Gasteiger partial charge in [-0.25, -0.2) is 0 Å². The van der Waals surface area contributed by atoms with Crippen LogP contribution in [0.15, 0.2) is 60.8 Å². The first-order valence-electron chi connectivity index (χ1n) is 14.8. The second-order valence-corrected chi connectivity index (χ2v) is 11.1. The lowest BCUT2D eigenvalue weighted by molar-refractivity contribution is -0.147. The van der Waals surface area contributed by atoms with Gasteiger partial charge in [0.1, 0.15) is 12.6 Å². The summed E-state index contributed by atoms with van der Waals surface area (Å²) in [6.45, 7) is 0.904. The maximum atomic E-state index is 14.1. The van der Waals surface area contributed by atoms with Crippen LogP contribution in [0.1, 0.15) is 72.5 Å². The van der Waals surface area contributed by atoms with Gasteiger partial charge in [0.25, 0.3) is 5.91 Å². The predicted molar refractivity (Wildman–Crippen MR) is 154 cm³/mol. The third kappa shape index (κ3) is 7.65. The summed E-state index contributed by atoms with van der Waals surface area (Å²) in [7, 11) is 0. The molecule has 1 aromatic heterocycles. The third-order valence-electron chi connectivity index (χ3n) is 8.00. The SMILES string of the molecule is O=C(C[C@@H](NC(=O)c1cnn(C2CCCC2)c1-c1ccccc1C(F)(F)F)C(=O)NC1CCOCC1)OCc1ccccc1. The molecule has 2 fully saturated rings. The number of hydrogen-bond acceptors (Lipinski definition) is 6. The molecule has 3 aromatic rings. The highest BCUT2D eigenvalue weighted by atomic mass is 19.4. The Bertz CT molecular complexity index is 1450. The Labute approximate surface area is 253 Å². The van der Waals surface area contributed by atoms with E-state index in [-0.39, 0.29) is 35.5 Å². The van der Waals surface area contributed by atoms with E-state index in [1.807, 2.05) is 6.07 Å². The summed E-state index contributed by atoms with van der Waals surface area (Å²) < 4.78 is 54.6. The minimum atomic E-state index is -4.68. The van der Waals surface area contributed by atoms with Crippen LogP contribution in [0, 0.1) is 0 Å². The number of nitrogens with zero attached hydrogens (tertiary/aromatic N) is 2. The molecule has 5 rings (SSSR count). The summed E-state index contributed by atoms with van der Waals surface area (Å²) in [6.07, 6.45) is 0.438. The average molecular weight is 613 g/mol. The molecular weight excluding hydrogens is 577 g/mol.